The Balaban J connectivity index is 3.74. The van der Waals surface area contributed by atoms with E-state index >= 15 is 0 Å². The average Bonchev–Trinajstić information content (AvgIpc) is 2.77. The number of nitrogens with one attached hydrogen (secondary N) is 1. The standard InChI is InChI=1S/C27H51NO3/c1-3-5-7-9-11-12-13-14-15-17-19-21-23-27(31)28-25(24-29)26(30)22-20-18-16-10-8-6-4-2/h11-12,20,22,25-26,29-30H,3-10,13-19,21,23-24H2,1-2H3,(H,28,31)/b12-11-,22-20+. The van der Waals surface area contributed by atoms with Crippen LogP contribution >= 0.6 is 0 Å². The second-order valence-corrected chi connectivity index (χ2v) is 8.75. The molecule has 4 heteroatoms. The van der Waals surface area contributed by atoms with Gasteiger partial charge in [0.05, 0.1) is 18.8 Å². The summed E-state index contributed by atoms with van der Waals surface area (Å²) in [4.78, 5) is 12.1. The molecule has 0 aromatic carbocycles. The van der Waals surface area contributed by atoms with E-state index in [0.717, 1.165) is 38.5 Å². The Bertz CT molecular complexity index is 448. The zero-order valence-electron chi connectivity index (χ0n) is 20.5. The molecule has 0 radical (unpaired) electrons. The normalized spacial score (nSPS) is 13.8. The molecule has 0 aromatic heterocycles. The summed E-state index contributed by atoms with van der Waals surface area (Å²) in [5, 5.41) is 22.5. The molecule has 1 amide bonds. The van der Waals surface area contributed by atoms with E-state index in [1.165, 1.54) is 64.2 Å². The van der Waals surface area contributed by atoms with Gasteiger partial charge in [-0.3, -0.25) is 4.79 Å². The van der Waals surface area contributed by atoms with Crippen molar-refractivity contribution in [2.24, 2.45) is 0 Å². The summed E-state index contributed by atoms with van der Waals surface area (Å²) in [5.41, 5.74) is 0. The molecule has 182 valence electrons. The molecule has 0 saturated heterocycles. The Morgan fingerprint density at radius 1 is 0.742 bits per heavy atom. The third kappa shape index (κ3) is 20.5. The summed E-state index contributed by atoms with van der Waals surface area (Å²) in [6.45, 7) is 4.19. The number of rotatable bonds is 22. The van der Waals surface area contributed by atoms with Crippen LogP contribution in [0, 0.1) is 0 Å². The highest BCUT2D eigenvalue weighted by atomic mass is 16.3. The van der Waals surface area contributed by atoms with E-state index in [1.807, 2.05) is 6.08 Å². The zero-order valence-corrected chi connectivity index (χ0v) is 20.5. The van der Waals surface area contributed by atoms with Crippen molar-refractivity contribution < 1.29 is 15.0 Å². The van der Waals surface area contributed by atoms with Crippen LogP contribution in [0.4, 0.5) is 0 Å². The number of amides is 1. The SMILES string of the molecule is CCCCC/C=C\CCCCCCCC(=O)NC(CO)C(O)/C=C/CCCCCCC. The summed E-state index contributed by atoms with van der Waals surface area (Å²) in [5.74, 6) is -0.0823. The molecule has 0 aliphatic heterocycles. The lowest BCUT2D eigenvalue weighted by Gasteiger charge is -2.20. The van der Waals surface area contributed by atoms with Gasteiger partial charge in [-0.25, -0.2) is 0 Å². The van der Waals surface area contributed by atoms with Crippen LogP contribution in [0.1, 0.15) is 123 Å². The van der Waals surface area contributed by atoms with Crippen molar-refractivity contribution in [1.82, 2.24) is 5.32 Å². The van der Waals surface area contributed by atoms with Crippen molar-refractivity contribution in [3.8, 4) is 0 Å². The second-order valence-electron chi connectivity index (χ2n) is 8.75. The van der Waals surface area contributed by atoms with Crippen molar-refractivity contribution in [1.29, 1.82) is 0 Å². The van der Waals surface area contributed by atoms with E-state index in [1.54, 1.807) is 6.08 Å². The highest BCUT2D eigenvalue weighted by Gasteiger charge is 2.17. The maximum Gasteiger partial charge on any atom is 0.220 e. The number of hydrogen-bond donors (Lipinski definition) is 3. The Morgan fingerprint density at radius 3 is 1.84 bits per heavy atom. The van der Waals surface area contributed by atoms with Crippen LogP contribution in [0.2, 0.25) is 0 Å². The smallest absolute Gasteiger partial charge is 0.220 e. The average molecular weight is 438 g/mol. The molecule has 4 nitrogen and oxygen atoms in total. The van der Waals surface area contributed by atoms with E-state index in [9.17, 15) is 15.0 Å². The van der Waals surface area contributed by atoms with Crippen molar-refractivity contribution >= 4 is 5.91 Å². The maximum atomic E-state index is 12.1. The molecule has 3 N–H and O–H groups in total. The molecule has 0 saturated carbocycles. The number of carbonyl (C=O) groups is 1. The van der Waals surface area contributed by atoms with Gasteiger partial charge in [0, 0.05) is 6.42 Å². The molecular weight excluding hydrogens is 386 g/mol. The minimum absolute atomic E-state index is 0.0823. The van der Waals surface area contributed by atoms with Crippen LogP contribution in [0.15, 0.2) is 24.3 Å². The van der Waals surface area contributed by atoms with Gasteiger partial charge in [-0.15, -0.1) is 0 Å². The lowest BCUT2D eigenvalue weighted by Crippen LogP contribution is -2.45. The number of aliphatic hydroxyl groups is 2. The van der Waals surface area contributed by atoms with Crippen LogP contribution in [0.25, 0.3) is 0 Å². The molecular formula is C27H51NO3. The molecule has 0 fully saturated rings. The molecule has 2 atom stereocenters. The fourth-order valence-corrected chi connectivity index (χ4v) is 3.58. The van der Waals surface area contributed by atoms with Gasteiger partial charge in [-0.05, 0) is 44.9 Å². The molecule has 0 aromatic rings. The van der Waals surface area contributed by atoms with Crippen LogP contribution in [0.5, 0.6) is 0 Å². The lowest BCUT2D eigenvalue weighted by atomic mass is 10.1. The van der Waals surface area contributed by atoms with E-state index in [-0.39, 0.29) is 12.5 Å². The summed E-state index contributed by atoms with van der Waals surface area (Å²) < 4.78 is 0. The minimum Gasteiger partial charge on any atom is -0.394 e. The number of aliphatic hydroxyl groups excluding tert-OH is 2. The molecule has 0 heterocycles. The van der Waals surface area contributed by atoms with Gasteiger partial charge in [-0.1, -0.05) is 95.9 Å². The Hall–Kier alpha value is -1.13. The number of hydrogen-bond acceptors (Lipinski definition) is 3. The summed E-state index contributed by atoms with van der Waals surface area (Å²) in [6, 6.07) is -0.618. The summed E-state index contributed by atoms with van der Waals surface area (Å²) >= 11 is 0. The molecule has 31 heavy (non-hydrogen) atoms. The Morgan fingerprint density at radius 2 is 1.23 bits per heavy atom. The van der Waals surface area contributed by atoms with Gasteiger partial charge in [0.25, 0.3) is 0 Å². The highest BCUT2D eigenvalue weighted by Crippen LogP contribution is 2.09. The van der Waals surface area contributed by atoms with E-state index in [0.29, 0.717) is 6.42 Å². The number of allylic oxidation sites excluding steroid dienone is 3. The third-order valence-corrected chi connectivity index (χ3v) is 5.68. The van der Waals surface area contributed by atoms with Crippen molar-refractivity contribution in [3.63, 3.8) is 0 Å². The van der Waals surface area contributed by atoms with Crippen molar-refractivity contribution in [2.75, 3.05) is 6.61 Å². The maximum absolute atomic E-state index is 12.1. The highest BCUT2D eigenvalue weighted by molar-refractivity contribution is 5.76. The molecule has 0 aliphatic carbocycles. The zero-order chi connectivity index (χ0) is 23.0. The molecule has 0 spiro atoms. The fraction of sp³-hybridized carbons (Fsp3) is 0.815. The van der Waals surface area contributed by atoms with Crippen LogP contribution in [0.3, 0.4) is 0 Å². The van der Waals surface area contributed by atoms with Crippen LogP contribution < -0.4 is 5.32 Å². The quantitative estimate of drug-likeness (QED) is 0.132. The van der Waals surface area contributed by atoms with Gasteiger partial charge in [0.1, 0.15) is 0 Å². The first-order valence-electron chi connectivity index (χ1n) is 13.1. The van der Waals surface area contributed by atoms with Gasteiger partial charge in [-0.2, -0.15) is 0 Å². The van der Waals surface area contributed by atoms with Crippen molar-refractivity contribution in [3.05, 3.63) is 24.3 Å². The first-order chi connectivity index (χ1) is 15.2. The van der Waals surface area contributed by atoms with E-state index < -0.39 is 12.1 Å². The first-order valence-corrected chi connectivity index (χ1v) is 13.1. The molecule has 0 bridgehead atoms. The largest absolute Gasteiger partial charge is 0.394 e. The summed E-state index contributed by atoms with van der Waals surface area (Å²) in [6.07, 6.45) is 26.8. The number of carbonyl (C=O) groups excluding carboxylic acids is 1. The van der Waals surface area contributed by atoms with Gasteiger partial charge in [0.2, 0.25) is 5.91 Å². The molecule has 0 rings (SSSR count). The van der Waals surface area contributed by atoms with Crippen LogP contribution in [-0.2, 0) is 4.79 Å². The van der Waals surface area contributed by atoms with E-state index in [4.69, 9.17) is 0 Å². The Labute approximate surface area is 192 Å². The molecule has 0 aliphatic rings. The van der Waals surface area contributed by atoms with E-state index in [2.05, 4.69) is 31.3 Å². The fourth-order valence-electron chi connectivity index (χ4n) is 3.58. The van der Waals surface area contributed by atoms with Gasteiger partial charge >= 0.3 is 0 Å². The first kappa shape index (κ1) is 29.9. The minimum atomic E-state index is -0.834. The summed E-state index contributed by atoms with van der Waals surface area (Å²) in [7, 11) is 0. The predicted octanol–water partition coefficient (Wildman–Crippen LogP) is 6.61. The van der Waals surface area contributed by atoms with Gasteiger partial charge < -0.3 is 15.5 Å². The molecule has 2 unspecified atom stereocenters. The topological polar surface area (TPSA) is 69.6 Å². The second kappa shape index (κ2) is 23.5. The van der Waals surface area contributed by atoms with Crippen molar-refractivity contribution in [2.45, 2.75) is 135 Å². The predicted molar refractivity (Wildman–Crippen MR) is 133 cm³/mol. The lowest BCUT2D eigenvalue weighted by molar-refractivity contribution is -0.123. The van der Waals surface area contributed by atoms with Crippen LogP contribution in [-0.4, -0.2) is 34.9 Å². The Kier molecular flexibility index (Phi) is 22.7. The third-order valence-electron chi connectivity index (χ3n) is 5.68. The monoisotopic (exact) mass is 437 g/mol. The number of unbranched alkanes of at least 4 members (excludes halogenated alkanes) is 13. The van der Waals surface area contributed by atoms with Gasteiger partial charge in [0.15, 0.2) is 0 Å².